The largest absolute Gasteiger partial charge is 0.371 e. The van der Waals surface area contributed by atoms with E-state index in [2.05, 4.69) is 33.4 Å². The van der Waals surface area contributed by atoms with Gasteiger partial charge < -0.3 is 14.3 Å². The molecule has 2 aromatic heterocycles. The second-order valence-corrected chi connectivity index (χ2v) is 7.38. The molecule has 0 radical (unpaired) electrons. The Balaban J connectivity index is 1.44. The fourth-order valence-corrected chi connectivity index (χ4v) is 3.64. The highest BCUT2D eigenvalue weighted by atomic mass is 16.5. The summed E-state index contributed by atoms with van der Waals surface area (Å²) in [6, 6.07) is 10.0. The fourth-order valence-electron chi connectivity index (χ4n) is 3.64. The van der Waals surface area contributed by atoms with Crippen molar-refractivity contribution in [3.63, 3.8) is 0 Å². The molecular formula is C21H25N5O2. The number of hydrogen-bond donors (Lipinski definition) is 0. The minimum Gasteiger partial charge on any atom is -0.371 e. The first-order chi connectivity index (χ1) is 13.6. The van der Waals surface area contributed by atoms with E-state index in [1.54, 1.807) is 28.9 Å². The van der Waals surface area contributed by atoms with Crippen LogP contribution in [0, 0.1) is 6.92 Å². The Hall–Kier alpha value is -3.09. The van der Waals surface area contributed by atoms with Crippen LogP contribution in [0.1, 0.15) is 40.2 Å². The molecule has 0 unspecified atom stereocenters. The molecule has 0 saturated carbocycles. The van der Waals surface area contributed by atoms with Crippen molar-refractivity contribution in [2.24, 2.45) is 0 Å². The Morgan fingerprint density at radius 2 is 2.04 bits per heavy atom. The van der Waals surface area contributed by atoms with Gasteiger partial charge in [-0.2, -0.15) is 5.10 Å². The van der Waals surface area contributed by atoms with E-state index in [1.807, 2.05) is 19.2 Å². The number of aryl methyl sites for hydroxylation is 1. The highest BCUT2D eigenvalue weighted by Crippen LogP contribution is 2.25. The maximum Gasteiger partial charge on any atom is 0.276 e. The highest BCUT2D eigenvalue weighted by molar-refractivity contribution is 5.92. The second-order valence-electron chi connectivity index (χ2n) is 7.38. The molecule has 0 aliphatic carbocycles. The summed E-state index contributed by atoms with van der Waals surface area (Å²) < 4.78 is 7.10. The van der Waals surface area contributed by atoms with Gasteiger partial charge in [-0.05, 0) is 37.0 Å². The van der Waals surface area contributed by atoms with E-state index in [-0.39, 0.29) is 5.91 Å². The molecule has 146 valence electrons. The average Bonchev–Trinajstić information content (AvgIpc) is 3.44. The number of carbonyl (C=O) groups excluding carboxylic acids is 1. The molecule has 1 fully saturated rings. The molecule has 4 rings (SSSR count). The number of carbonyl (C=O) groups is 1. The number of nitrogens with zero attached hydrogens (tertiary/aromatic N) is 5. The third-order valence-electron chi connectivity index (χ3n) is 5.05. The first-order valence-electron chi connectivity index (χ1n) is 9.63. The van der Waals surface area contributed by atoms with E-state index >= 15 is 0 Å². The Morgan fingerprint density at radius 3 is 2.79 bits per heavy atom. The Bertz CT molecular complexity index is 955. The van der Waals surface area contributed by atoms with E-state index < -0.39 is 0 Å². The first-order valence-corrected chi connectivity index (χ1v) is 9.63. The van der Waals surface area contributed by atoms with Gasteiger partial charge in [0.25, 0.3) is 5.91 Å². The van der Waals surface area contributed by atoms with Crippen molar-refractivity contribution in [2.75, 3.05) is 25.0 Å². The van der Waals surface area contributed by atoms with Crippen molar-refractivity contribution in [1.29, 1.82) is 0 Å². The number of benzene rings is 1. The van der Waals surface area contributed by atoms with Crippen LogP contribution < -0.4 is 4.90 Å². The monoisotopic (exact) mass is 379 g/mol. The summed E-state index contributed by atoms with van der Waals surface area (Å²) in [4.78, 5) is 16.9. The summed E-state index contributed by atoms with van der Waals surface area (Å²) in [5.41, 5.74) is 3.76. The first kappa shape index (κ1) is 18.3. The Morgan fingerprint density at radius 1 is 1.25 bits per heavy atom. The molecule has 3 heterocycles. The maximum atomic E-state index is 12.8. The van der Waals surface area contributed by atoms with Gasteiger partial charge in [0, 0.05) is 44.6 Å². The van der Waals surface area contributed by atoms with Gasteiger partial charge in [-0.15, -0.1) is 0 Å². The molecule has 1 aliphatic rings. The average molecular weight is 379 g/mol. The van der Waals surface area contributed by atoms with E-state index in [0.717, 1.165) is 24.2 Å². The summed E-state index contributed by atoms with van der Waals surface area (Å²) in [6.07, 6.45) is 6.15. The lowest BCUT2D eigenvalue weighted by Crippen LogP contribution is -2.28. The van der Waals surface area contributed by atoms with E-state index in [4.69, 9.17) is 4.52 Å². The molecule has 28 heavy (non-hydrogen) atoms. The van der Waals surface area contributed by atoms with Crippen molar-refractivity contribution in [3.05, 3.63) is 65.3 Å². The van der Waals surface area contributed by atoms with Crippen molar-refractivity contribution >= 4 is 11.6 Å². The quantitative estimate of drug-likeness (QED) is 0.658. The summed E-state index contributed by atoms with van der Waals surface area (Å²) in [5.74, 6) is 0.459. The van der Waals surface area contributed by atoms with Crippen LogP contribution >= 0.6 is 0 Å². The molecule has 1 aliphatic heterocycles. The van der Waals surface area contributed by atoms with Crippen molar-refractivity contribution in [1.82, 2.24) is 19.8 Å². The van der Waals surface area contributed by atoms with Gasteiger partial charge in [-0.1, -0.05) is 23.4 Å². The number of hydrogen-bond acceptors (Lipinski definition) is 5. The minimum absolute atomic E-state index is 0.150. The van der Waals surface area contributed by atoms with Crippen LogP contribution in [0.3, 0.4) is 0 Å². The van der Waals surface area contributed by atoms with Crippen LogP contribution in [-0.4, -0.2) is 45.9 Å². The van der Waals surface area contributed by atoms with E-state index in [0.29, 0.717) is 24.5 Å². The second kappa shape index (κ2) is 7.88. The predicted molar refractivity (Wildman–Crippen MR) is 106 cm³/mol. The van der Waals surface area contributed by atoms with Crippen molar-refractivity contribution < 1.29 is 9.32 Å². The van der Waals surface area contributed by atoms with Gasteiger partial charge in [-0.25, -0.2) is 0 Å². The normalized spacial score (nSPS) is 13.9. The van der Waals surface area contributed by atoms with E-state index in [1.165, 1.54) is 18.5 Å². The fraction of sp³-hybridized carbons (Fsp3) is 0.381. The Labute approximate surface area is 164 Å². The van der Waals surface area contributed by atoms with Gasteiger partial charge in [-0.3, -0.25) is 9.48 Å². The van der Waals surface area contributed by atoms with Crippen LogP contribution in [0.5, 0.6) is 0 Å². The zero-order valence-corrected chi connectivity index (χ0v) is 16.3. The number of anilines is 1. The lowest BCUT2D eigenvalue weighted by molar-refractivity contribution is 0.0775. The van der Waals surface area contributed by atoms with Crippen LogP contribution in [0.2, 0.25) is 0 Å². The molecule has 0 spiro atoms. The van der Waals surface area contributed by atoms with Crippen LogP contribution in [0.4, 0.5) is 5.69 Å². The number of rotatable bonds is 6. The minimum atomic E-state index is -0.150. The zero-order chi connectivity index (χ0) is 19.5. The third kappa shape index (κ3) is 3.93. The molecule has 7 heteroatoms. The number of aromatic nitrogens is 3. The summed E-state index contributed by atoms with van der Waals surface area (Å²) in [6.45, 7) is 5.12. The van der Waals surface area contributed by atoms with Crippen LogP contribution in [-0.2, 0) is 13.1 Å². The van der Waals surface area contributed by atoms with Gasteiger partial charge in [0.15, 0.2) is 11.5 Å². The highest BCUT2D eigenvalue weighted by Gasteiger charge is 2.20. The molecular weight excluding hydrogens is 354 g/mol. The summed E-state index contributed by atoms with van der Waals surface area (Å²) in [5, 5.41) is 8.20. The predicted octanol–water partition coefficient (Wildman–Crippen LogP) is 3.10. The lowest BCUT2D eigenvalue weighted by Gasteiger charge is -2.24. The van der Waals surface area contributed by atoms with Crippen LogP contribution in [0.25, 0.3) is 0 Å². The third-order valence-corrected chi connectivity index (χ3v) is 5.05. The summed E-state index contributed by atoms with van der Waals surface area (Å²) in [7, 11) is 1.80. The lowest BCUT2D eigenvalue weighted by atomic mass is 10.1. The molecule has 0 atom stereocenters. The molecule has 0 N–H and O–H groups in total. The van der Waals surface area contributed by atoms with Gasteiger partial charge in [0.1, 0.15) is 6.54 Å². The molecule has 3 aromatic rings. The van der Waals surface area contributed by atoms with Gasteiger partial charge in [0.2, 0.25) is 0 Å². The van der Waals surface area contributed by atoms with Gasteiger partial charge >= 0.3 is 0 Å². The topological polar surface area (TPSA) is 67.4 Å². The van der Waals surface area contributed by atoms with Crippen molar-refractivity contribution in [3.8, 4) is 0 Å². The smallest absolute Gasteiger partial charge is 0.276 e. The van der Waals surface area contributed by atoms with Crippen molar-refractivity contribution in [2.45, 2.75) is 32.9 Å². The molecule has 1 saturated heterocycles. The molecule has 7 nitrogen and oxygen atoms in total. The standard InChI is InChI=1S/C21H25N5O2/c1-16-12-22-26(13-16)15-18-11-19(23-28-18)21(27)24(2)14-17-7-3-4-8-20(17)25-9-5-6-10-25/h3-4,7-8,11-13H,5-6,9-10,14-15H2,1-2H3. The molecule has 0 bridgehead atoms. The van der Waals surface area contributed by atoms with E-state index in [9.17, 15) is 4.79 Å². The van der Waals surface area contributed by atoms with Gasteiger partial charge in [0.05, 0.1) is 6.20 Å². The molecule has 1 aromatic carbocycles. The maximum absolute atomic E-state index is 12.8. The molecule has 1 amide bonds. The van der Waals surface area contributed by atoms with Crippen LogP contribution in [0.15, 0.2) is 47.2 Å². The summed E-state index contributed by atoms with van der Waals surface area (Å²) >= 11 is 0. The number of para-hydroxylation sites is 1. The zero-order valence-electron chi connectivity index (χ0n) is 16.3. The number of amides is 1. The Kier molecular flexibility index (Phi) is 5.14. The SMILES string of the molecule is Cc1cnn(Cc2cc(C(=O)N(C)Cc3ccccc3N3CCCC3)no2)c1.